The molecule has 0 bridgehead atoms. The summed E-state index contributed by atoms with van der Waals surface area (Å²) in [5, 5.41) is 6.41. The van der Waals surface area contributed by atoms with Crippen molar-refractivity contribution in [3.05, 3.63) is 33.9 Å². The SMILES string of the molecule is CNc1c(C/C=C(\C)CCC(=O)OCCN2CCNC2)c(OC)c(C)c2c1C(=O)OC2. The number of hydrogen-bond donors (Lipinski definition) is 2. The van der Waals surface area contributed by atoms with Gasteiger partial charge in [-0.3, -0.25) is 9.69 Å². The van der Waals surface area contributed by atoms with E-state index >= 15 is 0 Å². The quantitative estimate of drug-likeness (QED) is 0.431. The van der Waals surface area contributed by atoms with Gasteiger partial charge in [-0.05, 0) is 32.3 Å². The van der Waals surface area contributed by atoms with Gasteiger partial charge in [0.15, 0.2) is 0 Å². The maximum Gasteiger partial charge on any atom is 0.341 e. The maximum atomic E-state index is 12.3. The number of hydrogen-bond acceptors (Lipinski definition) is 8. The lowest BCUT2D eigenvalue weighted by Gasteiger charge is -2.19. The van der Waals surface area contributed by atoms with E-state index in [0.29, 0.717) is 31.4 Å². The Bertz CT molecular complexity index is 860. The monoisotopic (exact) mass is 431 g/mol. The molecular formula is C23H33N3O5. The van der Waals surface area contributed by atoms with Crippen molar-refractivity contribution in [1.29, 1.82) is 0 Å². The minimum Gasteiger partial charge on any atom is -0.496 e. The molecule has 2 heterocycles. The highest BCUT2D eigenvalue weighted by Crippen LogP contribution is 2.41. The normalized spacial score (nSPS) is 16.3. The third kappa shape index (κ3) is 5.37. The first-order valence-corrected chi connectivity index (χ1v) is 10.8. The number of benzene rings is 1. The van der Waals surface area contributed by atoms with Crippen LogP contribution in [-0.4, -0.2) is 63.9 Å². The molecule has 0 spiro atoms. The molecule has 1 fully saturated rings. The summed E-state index contributed by atoms with van der Waals surface area (Å²) in [5.41, 5.74) is 5.16. The number of carbonyl (C=O) groups excluding carboxylic acids is 2. The highest BCUT2D eigenvalue weighted by Gasteiger charge is 2.31. The van der Waals surface area contributed by atoms with Crippen LogP contribution >= 0.6 is 0 Å². The number of carbonyl (C=O) groups is 2. The maximum absolute atomic E-state index is 12.3. The van der Waals surface area contributed by atoms with Crippen LogP contribution in [0.2, 0.25) is 0 Å². The molecule has 1 aromatic rings. The summed E-state index contributed by atoms with van der Waals surface area (Å²) in [7, 11) is 3.43. The molecule has 0 aromatic heterocycles. The summed E-state index contributed by atoms with van der Waals surface area (Å²) < 4.78 is 16.3. The van der Waals surface area contributed by atoms with Crippen LogP contribution in [0.1, 0.15) is 46.8 Å². The lowest BCUT2D eigenvalue weighted by molar-refractivity contribution is -0.143. The van der Waals surface area contributed by atoms with E-state index in [4.69, 9.17) is 14.2 Å². The number of nitrogens with one attached hydrogen (secondary N) is 2. The molecule has 2 N–H and O–H groups in total. The van der Waals surface area contributed by atoms with Crippen molar-refractivity contribution >= 4 is 17.6 Å². The molecule has 8 heteroatoms. The summed E-state index contributed by atoms with van der Waals surface area (Å²) >= 11 is 0. The Hall–Kier alpha value is -2.58. The van der Waals surface area contributed by atoms with Crippen molar-refractivity contribution in [3.63, 3.8) is 0 Å². The Morgan fingerprint density at radius 3 is 2.84 bits per heavy atom. The van der Waals surface area contributed by atoms with E-state index in [-0.39, 0.29) is 18.5 Å². The standard InChI is InChI=1S/C23H33N3O5/c1-15(6-8-19(27)30-12-11-26-10-9-25-14-26)5-7-17-21(24-3)20-18(13-31-23(20)28)16(2)22(17)29-4/h5,24-25H,6-14H2,1-4H3/b15-5+. The molecule has 1 saturated heterocycles. The molecule has 0 amide bonds. The van der Waals surface area contributed by atoms with E-state index in [2.05, 4.69) is 21.6 Å². The highest BCUT2D eigenvalue weighted by molar-refractivity contribution is 6.01. The van der Waals surface area contributed by atoms with E-state index in [1.54, 1.807) is 14.2 Å². The Morgan fingerprint density at radius 2 is 2.16 bits per heavy atom. The van der Waals surface area contributed by atoms with Gasteiger partial charge in [0.2, 0.25) is 0 Å². The van der Waals surface area contributed by atoms with Gasteiger partial charge in [-0.1, -0.05) is 11.6 Å². The number of methoxy groups -OCH3 is 1. The lowest BCUT2D eigenvalue weighted by atomic mass is 9.93. The van der Waals surface area contributed by atoms with E-state index in [1.807, 2.05) is 13.8 Å². The van der Waals surface area contributed by atoms with Gasteiger partial charge in [0, 0.05) is 50.9 Å². The van der Waals surface area contributed by atoms with Gasteiger partial charge in [0.1, 0.15) is 19.0 Å². The van der Waals surface area contributed by atoms with Crippen LogP contribution in [-0.2, 0) is 27.3 Å². The molecule has 2 aliphatic heterocycles. The molecule has 2 aliphatic rings. The van der Waals surface area contributed by atoms with Crippen LogP contribution < -0.4 is 15.4 Å². The summed E-state index contributed by atoms with van der Waals surface area (Å²) in [5.74, 6) is 0.283. The number of nitrogens with zero attached hydrogens (tertiary/aromatic N) is 1. The number of allylic oxidation sites excluding steroid dienone is 2. The molecule has 31 heavy (non-hydrogen) atoms. The number of anilines is 1. The fraction of sp³-hybridized carbons (Fsp3) is 0.565. The predicted octanol–water partition coefficient (Wildman–Crippen LogP) is 2.39. The molecule has 0 saturated carbocycles. The van der Waals surface area contributed by atoms with Gasteiger partial charge >= 0.3 is 11.9 Å². The zero-order valence-electron chi connectivity index (χ0n) is 18.9. The topological polar surface area (TPSA) is 89.1 Å². The number of ether oxygens (including phenoxy) is 3. The number of esters is 2. The summed E-state index contributed by atoms with van der Waals surface area (Å²) in [6, 6.07) is 0. The fourth-order valence-electron chi connectivity index (χ4n) is 4.11. The van der Waals surface area contributed by atoms with Crippen LogP contribution in [0.15, 0.2) is 11.6 Å². The Kier molecular flexibility index (Phi) is 7.92. The van der Waals surface area contributed by atoms with Gasteiger partial charge in [0.05, 0.1) is 18.4 Å². The largest absolute Gasteiger partial charge is 0.496 e. The Balaban J connectivity index is 1.60. The smallest absolute Gasteiger partial charge is 0.341 e. The molecule has 8 nitrogen and oxygen atoms in total. The van der Waals surface area contributed by atoms with Crippen LogP contribution in [0, 0.1) is 6.92 Å². The van der Waals surface area contributed by atoms with E-state index in [9.17, 15) is 9.59 Å². The van der Waals surface area contributed by atoms with Crippen molar-refractivity contribution in [3.8, 4) is 5.75 Å². The number of fused-ring (bicyclic) bond motifs is 1. The van der Waals surface area contributed by atoms with Crippen LogP contribution in [0.5, 0.6) is 5.75 Å². The minimum absolute atomic E-state index is 0.176. The van der Waals surface area contributed by atoms with Gasteiger partial charge in [-0.2, -0.15) is 0 Å². The van der Waals surface area contributed by atoms with Crippen molar-refractivity contribution in [2.45, 2.75) is 39.7 Å². The van der Waals surface area contributed by atoms with Crippen LogP contribution in [0.3, 0.4) is 0 Å². The average Bonchev–Trinajstić information content (AvgIpc) is 3.41. The van der Waals surface area contributed by atoms with E-state index in [0.717, 1.165) is 60.0 Å². The first kappa shape index (κ1) is 23.1. The third-order valence-corrected chi connectivity index (χ3v) is 5.92. The average molecular weight is 432 g/mol. The summed E-state index contributed by atoms with van der Waals surface area (Å²) in [6.07, 6.45) is 3.65. The summed E-state index contributed by atoms with van der Waals surface area (Å²) in [6.45, 7) is 8.27. The first-order chi connectivity index (χ1) is 15.0. The van der Waals surface area contributed by atoms with Crippen molar-refractivity contribution in [2.24, 2.45) is 0 Å². The molecule has 0 radical (unpaired) electrons. The van der Waals surface area contributed by atoms with Crippen molar-refractivity contribution < 1.29 is 23.8 Å². The van der Waals surface area contributed by atoms with Crippen LogP contribution in [0.4, 0.5) is 5.69 Å². The second kappa shape index (κ2) is 10.6. The fourth-order valence-corrected chi connectivity index (χ4v) is 4.11. The zero-order valence-corrected chi connectivity index (χ0v) is 18.9. The third-order valence-electron chi connectivity index (χ3n) is 5.92. The first-order valence-electron chi connectivity index (χ1n) is 10.8. The van der Waals surface area contributed by atoms with Gasteiger partial charge in [-0.25, -0.2) is 4.79 Å². The zero-order chi connectivity index (χ0) is 22.4. The molecule has 3 rings (SSSR count). The van der Waals surface area contributed by atoms with Crippen molar-refractivity contribution in [2.75, 3.05) is 52.4 Å². The Morgan fingerprint density at radius 1 is 1.35 bits per heavy atom. The highest BCUT2D eigenvalue weighted by atomic mass is 16.5. The second-order valence-electron chi connectivity index (χ2n) is 7.94. The number of cyclic esters (lactones) is 1. The Labute approximate surface area is 183 Å². The number of rotatable bonds is 10. The molecule has 170 valence electrons. The molecule has 0 unspecified atom stereocenters. The predicted molar refractivity (Wildman–Crippen MR) is 118 cm³/mol. The van der Waals surface area contributed by atoms with E-state index in [1.165, 1.54) is 0 Å². The molecule has 0 atom stereocenters. The molecule has 1 aromatic carbocycles. The van der Waals surface area contributed by atoms with E-state index < -0.39 is 0 Å². The molecule has 0 aliphatic carbocycles. The van der Waals surface area contributed by atoms with Crippen molar-refractivity contribution in [1.82, 2.24) is 10.2 Å². The van der Waals surface area contributed by atoms with Gasteiger partial charge < -0.3 is 24.8 Å². The second-order valence-corrected chi connectivity index (χ2v) is 7.94. The van der Waals surface area contributed by atoms with Gasteiger partial charge in [0.25, 0.3) is 0 Å². The van der Waals surface area contributed by atoms with Gasteiger partial charge in [-0.15, -0.1) is 0 Å². The minimum atomic E-state index is -0.306. The van der Waals surface area contributed by atoms with Crippen LogP contribution in [0.25, 0.3) is 0 Å². The lowest BCUT2D eigenvalue weighted by Crippen LogP contribution is -2.27. The molecular weight excluding hydrogens is 398 g/mol. The summed E-state index contributed by atoms with van der Waals surface area (Å²) in [4.78, 5) is 26.5.